The molecule has 1 heterocycles. The molecule has 0 aliphatic carbocycles. The summed E-state index contributed by atoms with van der Waals surface area (Å²) >= 11 is 0. The second kappa shape index (κ2) is 7.48. The maximum absolute atomic E-state index is 12.2. The molecule has 0 spiro atoms. The molecule has 136 valence electrons. The molecule has 0 saturated heterocycles. The summed E-state index contributed by atoms with van der Waals surface area (Å²) < 4.78 is 4.96. The van der Waals surface area contributed by atoms with Crippen molar-refractivity contribution in [3.63, 3.8) is 0 Å². The minimum absolute atomic E-state index is 0.0937. The van der Waals surface area contributed by atoms with Crippen molar-refractivity contribution in [3.05, 3.63) is 70.1 Å². The van der Waals surface area contributed by atoms with Crippen molar-refractivity contribution in [2.75, 3.05) is 11.9 Å². The molecule has 2 aromatic carbocycles. The van der Waals surface area contributed by atoms with Gasteiger partial charge in [0.2, 0.25) is 5.91 Å². The lowest BCUT2D eigenvalue weighted by atomic mass is 10.1. The van der Waals surface area contributed by atoms with E-state index in [0.717, 1.165) is 0 Å². The van der Waals surface area contributed by atoms with E-state index >= 15 is 0 Å². The third kappa shape index (κ3) is 3.98. The lowest BCUT2D eigenvalue weighted by Crippen LogP contribution is -2.22. The Hall–Kier alpha value is -4.01. The second-order valence-corrected chi connectivity index (χ2v) is 5.51. The number of amides is 2. The second-order valence-electron chi connectivity index (χ2n) is 5.51. The van der Waals surface area contributed by atoms with Crippen molar-refractivity contribution < 1.29 is 19.1 Å². The van der Waals surface area contributed by atoms with Crippen LogP contribution in [0.25, 0.3) is 10.8 Å². The van der Waals surface area contributed by atoms with Gasteiger partial charge in [-0.2, -0.15) is 5.10 Å². The largest absolute Gasteiger partial charge is 0.451 e. The third-order valence-electron chi connectivity index (χ3n) is 3.68. The summed E-state index contributed by atoms with van der Waals surface area (Å²) in [4.78, 5) is 46.9. The van der Waals surface area contributed by atoms with Crippen LogP contribution in [-0.2, 0) is 9.53 Å². The van der Waals surface area contributed by atoms with Gasteiger partial charge in [-0.3, -0.25) is 14.4 Å². The van der Waals surface area contributed by atoms with Crippen LogP contribution < -0.4 is 16.6 Å². The van der Waals surface area contributed by atoms with Gasteiger partial charge in [0.25, 0.3) is 11.5 Å². The number of fused-ring (bicyclic) bond motifs is 1. The van der Waals surface area contributed by atoms with Crippen molar-refractivity contribution in [2.45, 2.75) is 0 Å². The van der Waals surface area contributed by atoms with Crippen molar-refractivity contribution in [2.24, 2.45) is 5.73 Å². The number of ether oxygens (including phenoxy) is 1. The fourth-order valence-electron chi connectivity index (χ4n) is 2.38. The molecule has 3 aromatic rings. The standard InChI is InChI=1S/C18H14N4O5/c19-16(24)10-5-7-11(8-6-10)20-14(23)9-27-18(26)15-12-3-1-2-4-13(12)17(25)22-21-15/h1-8H,9H2,(H2,19,24)(H,20,23)(H,22,25). The highest BCUT2D eigenvalue weighted by Gasteiger charge is 2.16. The average molecular weight is 366 g/mol. The van der Waals surface area contributed by atoms with Crippen molar-refractivity contribution in [3.8, 4) is 0 Å². The van der Waals surface area contributed by atoms with Crippen LogP contribution in [0.15, 0.2) is 53.3 Å². The number of anilines is 1. The van der Waals surface area contributed by atoms with Gasteiger partial charge in [-0.25, -0.2) is 9.89 Å². The fraction of sp³-hybridized carbons (Fsp3) is 0.0556. The summed E-state index contributed by atoms with van der Waals surface area (Å²) in [5.41, 5.74) is 5.33. The molecule has 4 N–H and O–H groups in total. The number of esters is 1. The van der Waals surface area contributed by atoms with Crippen LogP contribution in [0, 0.1) is 0 Å². The van der Waals surface area contributed by atoms with E-state index in [4.69, 9.17) is 10.5 Å². The van der Waals surface area contributed by atoms with Crippen LogP contribution in [0.1, 0.15) is 20.8 Å². The van der Waals surface area contributed by atoms with Crippen LogP contribution in [0.3, 0.4) is 0 Å². The highest BCUT2D eigenvalue weighted by atomic mass is 16.5. The molecule has 0 aliphatic heterocycles. The molecule has 27 heavy (non-hydrogen) atoms. The molecule has 9 nitrogen and oxygen atoms in total. The van der Waals surface area contributed by atoms with Crippen LogP contribution >= 0.6 is 0 Å². The van der Waals surface area contributed by atoms with Gasteiger partial charge >= 0.3 is 5.97 Å². The first-order valence-electron chi connectivity index (χ1n) is 7.80. The Morgan fingerprint density at radius 2 is 1.70 bits per heavy atom. The number of aromatic amines is 1. The Kier molecular flexibility index (Phi) is 4.93. The number of nitrogens with one attached hydrogen (secondary N) is 2. The van der Waals surface area contributed by atoms with Gasteiger partial charge in [0.1, 0.15) is 0 Å². The highest BCUT2D eigenvalue weighted by molar-refractivity contribution is 6.03. The van der Waals surface area contributed by atoms with Gasteiger partial charge in [-0.1, -0.05) is 18.2 Å². The molecule has 0 bridgehead atoms. The first kappa shape index (κ1) is 17.8. The number of hydrogen-bond donors (Lipinski definition) is 3. The molecule has 0 atom stereocenters. The summed E-state index contributed by atoms with van der Waals surface area (Å²) in [7, 11) is 0. The zero-order valence-electron chi connectivity index (χ0n) is 13.9. The predicted molar refractivity (Wildman–Crippen MR) is 96.2 cm³/mol. The van der Waals surface area contributed by atoms with Crippen LogP contribution in [0.2, 0.25) is 0 Å². The molecule has 2 amide bonds. The molecule has 0 saturated carbocycles. The normalized spacial score (nSPS) is 10.4. The number of primary amides is 1. The Labute approximate surface area is 152 Å². The molecule has 0 unspecified atom stereocenters. The predicted octanol–water partition coefficient (Wildman–Crippen LogP) is 0.817. The number of benzene rings is 2. The van der Waals surface area contributed by atoms with E-state index in [9.17, 15) is 19.2 Å². The number of carbonyl (C=O) groups excluding carboxylic acids is 3. The van der Waals surface area contributed by atoms with Crippen LogP contribution in [0.5, 0.6) is 0 Å². The van der Waals surface area contributed by atoms with Gasteiger partial charge in [0.15, 0.2) is 12.3 Å². The Morgan fingerprint density at radius 1 is 1.04 bits per heavy atom. The SMILES string of the molecule is NC(=O)c1ccc(NC(=O)COC(=O)c2n[nH]c(=O)c3ccccc23)cc1. The van der Waals surface area contributed by atoms with E-state index in [-0.39, 0.29) is 5.69 Å². The molecular formula is C18H14N4O5. The summed E-state index contributed by atoms with van der Waals surface area (Å²) in [5.74, 6) is -2.01. The fourth-order valence-corrected chi connectivity index (χ4v) is 2.38. The van der Waals surface area contributed by atoms with Gasteiger partial charge in [0.05, 0.1) is 5.39 Å². The maximum atomic E-state index is 12.2. The average Bonchev–Trinajstić information content (AvgIpc) is 2.67. The summed E-state index contributed by atoms with van der Waals surface area (Å²) in [6.45, 7) is -0.550. The molecule has 3 rings (SSSR count). The summed E-state index contributed by atoms with van der Waals surface area (Å²) in [6.07, 6.45) is 0. The molecule has 0 aliphatic rings. The Bertz CT molecular complexity index is 1090. The van der Waals surface area contributed by atoms with E-state index in [1.54, 1.807) is 24.3 Å². The third-order valence-corrected chi connectivity index (χ3v) is 3.68. The number of carbonyl (C=O) groups is 3. The number of nitrogens with two attached hydrogens (primary N) is 1. The Morgan fingerprint density at radius 3 is 2.37 bits per heavy atom. The van der Waals surface area contributed by atoms with E-state index in [1.165, 1.54) is 24.3 Å². The number of nitrogens with zero attached hydrogens (tertiary/aromatic N) is 1. The van der Waals surface area contributed by atoms with Gasteiger partial charge < -0.3 is 15.8 Å². The van der Waals surface area contributed by atoms with E-state index in [0.29, 0.717) is 22.0 Å². The van der Waals surface area contributed by atoms with Crippen molar-refractivity contribution in [1.82, 2.24) is 10.2 Å². The first-order chi connectivity index (χ1) is 13.0. The monoisotopic (exact) mass is 366 g/mol. The lowest BCUT2D eigenvalue weighted by Gasteiger charge is -2.07. The number of hydrogen-bond acceptors (Lipinski definition) is 6. The molecular weight excluding hydrogens is 352 g/mol. The van der Waals surface area contributed by atoms with Gasteiger partial charge in [-0.05, 0) is 30.3 Å². The van der Waals surface area contributed by atoms with Crippen LogP contribution in [0.4, 0.5) is 5.69 Å². The summed E-state index contributed by atoms with van der Waals surface area (Å²) in [6, 6.07) is 12.3. The summed E-state index contributed by atoms with van der Waals surface area (Å²) in [5, 5.41) is 9.06. The van der Waals surface area contributed by atoms with E-state index < -0.39 is 29.9 Å². The quantitative estimate of drug-likeness (QED) is 0.570. The maximum Gasteiger partial charge on any atom is 0.359 e. The van der Waals surface area contributed by atoms with Crippen molar-refractivity contribution in [1.29, 1.82) is 0 Å². The van der Waals surface area contributed by atoms with E-state index in [2.05, 4.69) is 15.5 Å². The zero-order valence-corrected chi connectivity index (χ0v) is 13.9. The van der Waals surface area contributed by atoms with E-state index in [1.807, 2.05) is 0 Å². The molecule has 9 heteroatoms. The van der Waals surface area contributed by atoms with Gasteiger partial charge in [-0.15, -0.1) is 0 Å². The van der Waals surface area contributed by atoms with Crippen molar-refractivity contribution >= 4 is 34.2 Å². The topological polar surface area (TPSA) is 144 Å². The zero-order chi connectivity index (χ0) is 19.4. The van der Waals surface area contributed by atoms with Crippen LogP contribution in [-0.4, -0.2) is 34.6 Å². The first-order valence-corrected chi connectivity index (χ1v) is 7.80. The minimum atomic E-state index is -0.846. The molecule has 0 radical (unpaired) electrons. The highest BCUT2D eigenvalue weighted by Crippen LogP contribution is 2.13. The molecule has 0 fully saturated rings. The number of aromatic nitrogens is 2. The minimum Gasteiger partial charge on any atom is -0.451 e. The number of rotatable bonds is 5. The smallest absolute Gasteiger partial charge is 0.359 e. The molecule has 1 aromatic heterocycles. The lowest BCUT2D eigenvalue weighted by molar-refractivity contribution is -0.119. The Balaban J connectivity index is 1.65. The number of H-pyrrole nitrogens is 1. The van der Waals surface area contributed by atoms with Gasteiger partial charge in [0, 0.05) is 16.6 Å².